The molecule has 1 aliphatic rings. The van der Waals surface area contributed by atoms with Crippen LogP contribution in [0.5, 0.6) is 0 Å². The Kier molecular flexibility index (Phi) is 3.05. The topological polar surface area (TPSA) is 79.5 Å². The quantitative estimate of drug-likeness (QED) is 0.741. The smallest absolute Gasteiger partial charge is 0.250 e. The number of carbonyl (C=O) groups is 1. The molecule has 1 saturated carbocycles. The van der Waals surface area contributed by atoms with Gasteiger partial charge < -0.3 is 15.7 Å². The summed E-state index contributed by atoms with van der Waals surface area (Å²) in [6.07, 6.45) is 3.75. The highest BCUT2D eigenvalue weighted by atomic mass is 16.3. The van der Waals surface area contributed by atoms with Crippen LogP contribution >= 0.6 is 0 Å². The molecule has 1 aromatic rings. The number of aliphatic hydroxyl groups is 1. The van der Waals surface area contributed by atoms with Gasteiger partial charge in [0.2, 0.25) is 5.91 Å². The first-order valence-electron chi connectivity index (χ1n) is 5.35. The molecule has 0 spiro atoms. The van der Waals surface area contributed by atoms with E-state index < -0.39 is 5.91 Å². The van der Waals surface area contributed by atoms with Crippen LogP contribution < -0.4 is 10.6 Å². The fraction of sp³-hybridized carbons (Fsp3) is 0.455. The summed E-state index contributed by atoms with van der Waals surface area (Å²) in [6.45, 7) is 0.684. The monoisotopic (exact) mass is 221 g/mol. The minimum absolute atomic E-state index is 0.107. The molecule has 0 atom stereocenters. The maximum Gasteiger partial charge on any atom is 0.250 e. The Morgan fingerprint density at radius 1 is 1.56 bits per heavy atom. The van der Waals surface area contributed by atoms with Gasteiger partial charge in [0.15, 0.2) is 0 Å². The van der Waals surface area contributed by atoms with Crippen LogP contribution in [0.3, 0.4) is 0 Å². The van der Waals surface area contributed by atoms with Gasteiger partial charge >= 0.3 is 0 Å². The lowest BCUT2D eigenvalue weighted by Crippen LogP contribution is -2.29. The van der Waals surface area contributed by atoms with Crippen LogP contribution in [-0.4, -0.2) is 35.2 Å². The third kappa shape index (κ3) is 2.30. The van der Waals surface area contributed by atoms with Crippen molar-refractivity contribution in [2.75, 3.05) is 18.1 Å². The Bertz CT molecular complexity index is 373. The minimum atomic E-state index is -0.473. The molecule has 0 saturated heterocycles. The van der Waals surface area contributed by atoms with Crippen LogP contribution in [0.1, 0.15) is 23.2 Å². The minimum Gasteiger partial charge on any atom is -0.395 e. The van der Waals surface area contributed by atoms with Gasteiger partial charge in [-0.25, -0.2) is 4.98 Å². The second-order valence-electron chi connectivity index (χ2n) is 3.92. The van der Waals surface area contributed by atoms with E-state index in [1.807, 2.05) is 0 Å². The van der Waals surface area contributed by atoms with Gasteiger partial charge in [0.05, 0.1) is 12.2 Å². The Labute approximate surface area is 93.9 Å². The molecule has 1 aromatic heterocycles. The van der Waals surface area contributed by atoms with Gasteiger partial charge in [-0.1, -0.05) is 0 Å². The van der Waals surface area contributed by atoms with E-state index in [9.17, 15) is 4.79 Å². The van der Waals surface area contributed by atoms with E-state index in [-0.39, 0.29) is 6.61 Å². The second-order valence-corrected chi connectivity index (χ2v) is 3.92. The zero-order valence-corrected chi connectivity index (χ0v) is 8.97. The zero-order valence-electron chi connectivity index (χ0n) is 8.97. The van der Waals surface area contributed by atoms with Crippen molar-refractivity contribution in [1.82, 2.24) is 4.98 Å². The lowest BCUT2D eigenvalue weighted by molar-refractivity contribution is 0.1000. The molecule has 3 N–H and O–H groups in total. The van der Waals surface area contributed by atoms with Gasteiger partial charge in [-0.3, -0.25) is 4.79 Å². The number of hydrogen-bond acceptors (Lipinski definition) is 4. The van der Waals surface area contributed by atoms with Crippen molar-refractivity contribution < 1.29 is 9.90 Å². The lowest BCUT2D eigenvalue weighted by Gasteiger charge is -2.22. The molecule has 5 nitrogen and oxygen atoms in total. The van der Waals surface area contributed by atoms with Crippen molar-refractivity contribution in [3.63, 3.8) is 0 Å². The first kappa shape index (κ1) is 10.9. The van der Waals surface area contributed by atoms with Crippen LogP contribution in [0.2, 0.25) is 0 Å². The van der Waals surface area contributed by atoms with Crippen molar-refractivity contribution in [3.05, 3.63) is 23.9 Å². The average molecular weight is 221 g/mol. The molecule has 0 aliphatic heterocycles. The van der Waals surface area contributed by atoms with Crippen molar-refractivity contribution in [2.45, 2.75) is 18.9 Å². The summed E-state index contributed by atoms with van der Waals surface area (Å²) in [6, 6.07) is 3.92. The van der Waals surface area contributed by atoms with Gasteiger partial charge in [-0.2, -0.15) is 0 Å². The predicted octanol–water partition coefficient (Wildman–Crippen LogP) is 0.142. The summed E-state index contributed by atoms with van der Waals surface area (Å²) < 4.78 is 0. The molecule has 86 valence electrons. The van der Waals surface area contributed by atoms with Gasteiger partial charge in [0.25, 0.3) is 0 Å². The second kappa shape index (κ2) is 4.49. The average Bonchev–Trinajstić information content (AvgIpc) is 3.10. The highest BCUT2D eigenvalue weighted by molar-refractivity contribution is 5.92. The molecule has 5 heteroatoms. The van der Waals surface area contributed by atoms with E-state index in [0.717, 1.165) is 18.7 Å². The maximum atomic E-state index is 10.9. The van der Waals surface area contributed by atoms with Gasteiger partial charge in [-0.05, 0) is 25.0 Å². The summed E-state index contributed by atoms with van der Waals surface area (Å²) in [5.41, 5.74) is 5.54. The number of primary amides is 1. The van der Waals surface area contributed by atoms with Crippen LogP contribution in [0.4, 0.5) is 5.82 Å². The van der Waals surface area contributed by atoms with Crippen molar-refractivity contribution >= 4 is 11.7 Å². The van der Waals surface area contributed by atoms with E-state index in [4.69, 9.17) is 10.8 Å². The van der Waals surface area contributed by atoms with Gasteiger partial charge in [0.1, 0.15) is 5.82 Å². The molecule has 2 rings (SSSR count). The predicted molar refractivity (Wildman–Crippen MR) is 60.2 cm³/mol. The fourth-order valence-corrected chi connectivity index (χ4v) is 1.68. The third-order valence-electron chi connectivity index (χ3n) is 2.66. The molecule has 0 unspecified atom stereocenters. The Morgan fingerprint density at radius 2 is 2.31 bits per heavy atom. The van der Waals surface area contributed by atoms with Crippen molar-refractivity contribution in [2.24, 2.45) is 5.73 Å². The molecule has 1 heterocycles. The number of carbonyl (C=O) groups excluding carboxylic acids is 1. The molecule has 1 aliphatic carbocycles. The molecule has 0 bridgehead atoms. The van der Waals surface area contributed by atoms with Crippen LogP contribution in [-0.2, 0) is 0 Å². The lowest BCUT2D eigenvalue weighted by atomic mass is 10.2. The van der Waals surface area contributed by atoms with Crippen LogP contribution in [0, 0.1) is 0 Å². The molecular formula is C11H15N3O2. The SMILES string of the molecule is NC(=O)c1ccc(N(CCO)C2CC2)nc1. The van der Waals surface area contributed by atoms with E-state index in [0.29, 0.717) is 18.2 Å². The number of amides is 1. The fourth-order valence-electron chi connectivity index (χ4n) is 1.68. The zero-order chi connectivity index (χ0) is 11.5. The number of aromatic nitrogens is 1. The van der Waals surface area contributed by atoms with Crippen LogP contribution in [0.25, 0.3) is 0 Å². The third-order valence-corrected chi connectivity index (χ3v) is 2.66. The molecular weight excluding hydrogens is 206 g/mol. The Hall–Kier alpha value is -1.62. The van der Waals surface area contributed by atoms with E-state index >= 15 is 0 Å². The number of rotatable bonds is 5. The molecule has 1 fully saturated rings. The number of anilines is 1. The first-order valence-corrected chi connectivity index (χ1v) is 5.35. The van der Waals surface area contributed by atoms with E-state index in [1.165, 1.54) is 6.20 Å². The maximum absolute atomic E-state index is 10.9. The van der Waals surface area contributed by atoms with Crippen LogP contribution in [0.15, 0.2) is 18.3 Å². The molecule has 16 heavy (non-hydrogen) atoms. The number of aliphatic hydroxyl groups excluding tert-OH is 1. The normalized spacial score (nSPS) is 14.8. The van der Waals surface area contributed by atoms with Gasteiger partial charge in [-0.15, -0.1) is 0 Å². The molecule has 0 aromatic carbocycles. The van der Waals surface area contributed by atoms with Gasteiger partial charge in [0, 0.05) is 18.8 Å². The molecule has 0 radical (unpaired) electrons. The van der Waals surface area contributed by atoms with E-state index in [1.54, 1.807) is 12.1 Å². The number of hydrogen-bond donors (Lipinski definition) is 2. The highest BCUT2D eigenvalue weighted by Gasteiger charge is 2.29. The first-order chi connectivity index (χ1) is 7.72. The largest absolute Gasteiger partial charge is 0.395 e. The number of nitrogens with zero attached hydrogens (tertiary/aromatic N) is 2. The summed E-state index contributed by atoms with van der Waals surface area (Å²) >= 11 is 0. The van der Waals surface area contributed by atoms with E-state index in [2.05, 4.69) is 9.88 Å². The summed E-state index contributed by atoms with van der Waals surface area (Å²) in [7, 11) is 0. The van der Waals surface area contributed by atoms with Crippen molar-refractivity contribution in [1.29, 1.82) is 0 Å². The summed E-state index contributed by atoms with van der Waals surface area (Å²) in [5.74, 6) is 0.320. The summed E-state index contributed by atoms with van der Waals surface area (Å²) in [4.78, 5) is 17.1. The Balaban J connectivity index is 2.14. The number of pyridine rings is 1. The molecule has 1 amide bonds. The standard InChI is InChI=1S/C11H15N3O2/c12-11(16)8-1-4-10(13-7-8)14(5-6-15)9-2-3-9/h1,4,7,9,15H,2-3,5-6H2,(H2,12,16). The van der Waals surface area contributed by atoms with Crippen molar-refractivity contribution in [3.8, 4) is 0 Å². The summed E-state index contributed by atoms with van der Waals surface area (Å²) in [5, 5.41) is 8.97. The Morgan fingerprint density at radius 3 is 2.75 bits per heavy atom. The highest BCUT2D eigenvalue weighted by Crippen LogP contribution is 2.30. The number of nitrogens with two attached hydrogens (primary N) is 1.